The number of hydroxylamine groups is 4. The second kappa shape index (κ2) is 14.1. The van der Waals surface area contributed by atoms with Gasteiger partial charge in [-0.15, -0.1) is 10.1 Å². The van der Waals surface area contributed by atoms with Crippen LogP contribution in [0.4, 0.5) is 0 Å². The maximum atomic E-state index is 12.7. The highest BCUT2D eigenvalue weighted by molar-refractivity contribution is 7.87. The fourth-order valence-electron chi connectivity index (χ4n) is 4.15. The van der Waals surface area contributed by atoms with Crippen LogP contribution in [0.3, 0.4) is 0 Å². The number of carbonyl (C=O) groups is 6. The van der Waals surface area contributed by atoms with Crippen molar-refractivity contribution in [3.05, 3.63) is 0 Å². The van der Waals surface area contributed by atoms with Crippen LogP contribution in [0.15, 0.2) is 0 Å². The van der Waals surface area contributed by atoms with Crippen molar-refractivity contribution >= 4 is 55.8 Å². The predicted octanol–water partition coefficient (Wildman–Crippen LogP) is -0.215. The van der Waals surface area contributed by atoms with Crippen molar-refractivity contribution in [1.82, 2.24) is 10.1 Å². The molecule has 2 aliphatic heterocycles. The van der Waals surface area contributed by atoms with Crippen LogP contribution in [-0.2, 0) is 58.7 Å². The molecule has 3 unspecified atom stereocenters. The smallest absolute Gasteiger partial charge is 0.336 e. The fraction of sp³-hybridized carbons (Fsp3) is 0.727. The summed E-state index contributed by atoms with van der Waals surface area (Å²) in [6, 6.07) is 0. The van der Waals surface area contributed by atoms with Gasteiger partial charge in [0.05, 0.1) is 18.8 Å². The fourth-order valence-corrected chi connectivity index (χ4v) is 5.53. The molecule has 18 heteroatoms. The van der Waals surface area contributed by atoms with Crippen LogP contribution >= 0.6 is 0 Å². The lowest BCUT2D eigenvalue weighted by molar-refractivity contribution is -0.201. The Morgan fingerprint density at radius 2 is 1.23 bits per heavy atom. The molecule has 2 fully saturated rings. The van der Waals surface area contributed by atoms with Crippen LogP contribution in [0, 0.1) is 5.92 Å². The molecule has 0 N–H and O–H groups in total. The lowest BCUT2D eigenvalue weighted by Gasteiger charge is -2.20. The first kappa shape index (κ1) is 33.2. The number of hydrogen-bond donors (Lipinski definition) is 0. The van der Waals surface area contributed by atoms with Gasteiger partial charge < -0.3 is 18.8 Å². The summed E-state index contributed by atoms with van der Waals surface area (Å²) in [4.78, 5) is 81.8. The lowest BCUT2D eigenvalue weighted by atomic mass is 9.95. The van der Waals surface area contributed by atoms with E-state index in [1.54, 1.807) is 0 Å². The van der Waals surface area contributed by atoms with E-state index in [-0.39, 0.29) is 29.4 Å². The molecule has 40 heavy (non-hydrogen) atoms. The second-order valence-electron chi connectivity index (χ2n) is 9.44. The molecule has 0 bridgehead atoms. The van der Waals surface area contributed by atoms with E-state index >= 15 is 0 Å². The molecule has 2 rings (SSSR count). The Labute approximate surface area is 230 Å². The number of hydrogen-bond acceptors (Lipinski definition) is 14. The number of nitrogens with zero attached hydrogens (tertiary/aromatic N) is 2. The molecular weight excluding hydrogens is 580 g/mol. The molecular formula is C22H30N2O14S2-2. The largest absolute Gasteiger partial charge is 0.747 e. The molecule has 0 saturated carbocycles. The molecule has 2 aliphatic rings. The minimum Gasteiger partial charge on any atom is -0.747 e. The molecule has 0 aliphatic carbocycles. The predicted molar refractivity (Wildman–Crippen MR) is 127 cm³/mol. The molecule has 0 aromatic carbocycles. The van der Waals surface area contributed by atoms with Crippen LogP contribution in [0.5, 0.6) is 0 Å². The van der Waals surface area contributed by atoms with E-state index in [2.05, 4.69) is 4.84 Å². The van der Waals surface area contributed by atoms with Crippen molar-refractivity contribution in [2.45, 2.75) is 94.5 Å². The molecule has 0 aromatic heterocycles. The average Bonchev–Trinajstić information content (AvgIpc) is 3.30. The summed E-state index contributed by atoms with van der Waals surface area (Å²) >= 11 is 0. The third kappa shape index (κ3) is 9.03. The van der Waals surface area contributed by atoms with Crippen molar-refractivity contribution in [3.8, 4) is 0 Å². The highest BCUT2D eigenvalue weighted by atomic mass is 32.2. The Balaban J connectivity index is 1.80. The number of carbonyl (C=O) groups excluding carboxylic acids is 6. The number of unbranched alkanes of at least 4 members (excludes halogenated alkanes) is 5. The molecule has 2 saturated heterocycles. The van der Waals surface area contributed by atoms with Gasteiger partial charge in [-0.05, 0) is 19.3 Å². The lowest BCUT2D eigenvalue weighted by Crippen LogP contribution is -2.38. The van der Waals surface area contributed by atoms with E-state index < -0.39 is 85.1 Å². The zero-order chi connectivity index (χ0) is 30.3. The average molecular weight is 611 g/mol. The second-order valence-corrected chi connectivity index (χ2v) is 12.6. The summed E-state index contributed by atoms with van der Waals surface area (Å²) in [6.07, 6.45) is 2.61. The number of imide groups is 2. The maximum Gasteiger partial charge on any atom is 0.336 e. The number of rotatable bonds is 16. The first-order valence-electron chi connectivity index (χ1n) is 12.6. The Hall–Kier alpha value is -2.96. The van der Waals surface area contributed by atoms with Gasteiger partial charge in [0.2, 0.25) is 0 Å². The van der Waals surface area contributed by atoms with Crippen LogP contribution in [0.2, 0.25) is 0 Å². The molecule has 2 heterocycles. The van der Waals surface area contributed by atoms with Crippen molar-refractivity contribution in [2.75, 3.05) is 0 Å². The van der Waals surface area contributed by atoms with Crippen LogP contribution in [0.1, 0.15) is 84.0 Å². The molecule has 3 atom stereocenters. The summed E-state index contributed by atoms with van der Waals surface area (Å²) in [6.45, 7) is 1.95. The zero-order valence-electron chi connectivity index (χ0n) is 21.6. The van der Waals surface area contributed by atoms with Gasteiger partial charge in [-0.2, -0.15) is 0 Å². The quantitative estimate of drug-likeness (QED) is 0.125. The summed E-state index contributed by atoms with van der Waals surface area (Å²) in [5, 5.41) is -4.25. The molecule has 226 valence electrons. The van der Waals surface area contributed by atoms with Gasteiger partial charge in [-0.25, -0.2) is 26.4 Å². The third-order valence-electron chi connectivity index (χ3n) is 6.37. The molecule has 0 aromatic rings. The Morgan fingerprint density at radius 3 is 1.68 bits per heavy atom. The van der Waals surface area contributed by atoms with Crippen molar-refractivity contribution in [3.63, 3.8) is 0 Å². The van der Waals surface area contributed by atoms with Gasteiger partial charge in [-0.1, -0.05) is 45.4 Å². The number of amides is 4. The van der Waals surface area contributed by atoms with Gasteiger partial charge in [0.15, 0.2) is 0 Å². The first-order valence-corrected chi connectivity index (χ1v) is 15.6. The standard InChI is InChI=1S/C22H32N2O14S2/c1-2-3-6-9-14(22(30)38-24-18(26)13-16(21(24)29)40(34,35)36)10-7-4-5-8-11-19(27)37-23-17(25)12-15(20(23)28)39(31,32)33/h14-16H,2-13H2,1H3,(H,31,32,33)(H,34,35,36)/p-2. The minimum atomic E-state index is -5.10. The summed E-state index contributed by atoms with van der Waals surface area (Å²) < 4.78 is 66.6. The SMILES string of the molecule is CCCCCC(CCCCCCC(=O)ON1C(=O)CC(S(=O)(=O)[O-])C1=O)C(=O)ON1C(=O)CC(S(=O)(=O)[O-])C1=O. The van der Waals surface area contributed by atoms with Crippen molar-refractivity contribution in [1.29, 1.82) is 0 Å². The van der Waals surface area contributed by atoms with Gasteiger partial charge in [0, 0.05) is 6.42 Å². The molecule has 4 amide bonds. The Bertz CT molecular complexity index is 1230. The van der Waals surface area contributed by atoms with Gasteiger partial charge in [0.25, 0.3) is 23.6 Å². The van der Waals surface area contributed by atoms with Gasteiger partial charge >= 0.3 is 11.9 Å². The van der Waals surface area contributed by atoms with E-state index in [0.717, 1.165) is 12.8 Å². The topological polar surface area (TPSA) is 242 Å². The minimum absolute atomic E-state index is 0.0144. The van der Waals surface area contributed by atoms with Crippen molar-refractivity contribution in [2.24, 2.45) is 5.92 Å². The summed E-state index contributed by atoms with van der Waals surface area (Å²) in [7, 11) is -10.2. The highest BCUT2D eigenvalue weighted by Crippen LogP contribution is 2.25. The first-order chi connectivity index (χ1) is 18.6. The highest BCUT2D eigenvalue weighted by Gasteiger charge is 2.46. The molecule has 16 nitrogen and oxygen atoms in total. The Morgan fingerprint density at radius 1 is 0.775 bits per heavy atom. The van der Waals surface area contributed by atoms with Crippen LogP contribution in [-0.4, -0.2) is 82.1 Å². The third-order valence-corrected chi connectivity index (χ3v) is 8.50. The van der Waals surface area contributed by atoms with E-state index in [1.807, 2.05) is 6.92 Å². The van der Waals surface area contributed by atoms with E-state index in [1.165, 1.54) is 0 Å². The molecule has 0 radical (unpaired) electrons. The normalized spacial score (nSPS) is 20.8. The van der Waals surface area contributed by atoms with Gasteiger partial charge in [0.1, 0.15) is 30.7 Å². The summed E-state index contributed by atoms with van der Waals surface area (Å²) in [5.74, 6) is -7.67. The van der Waals surface area contributed by atoms with E-state index in [4.69, 9.17) is 4.84 Å². The Kier molecular flexibility index (Phi) is 11.7. The molecule has 0 spiro atoms. The van der Waals surface area contributed by atoms with Gasteiger partial charge in [-0.3, -0.25) is 19.2 Å². The van der Waals surface area contributed by atoms with Crippen molar-refractivity contribution < 1.29 is 64.4 Å². The monoisotopic (exact) mass is 610 g/mol. The van der Waals surface area contributed by atoms with Crippen LogP contribution < -0.4 is 0 Å². The van der Waals surface area contributed by atoms with E-state index in [9.17, 15) is 54.7 Å². The zero-order valence-corrected chi connectivity index (χ0v) is 23.3. The van der Waals surface area contributed by atoms with Crippen LogP contribution in [0.25, 0.3) is 0 Å². The maximum absolute atomic E-state index is 12.7. The van der Waals surface area contributed by atoms with E-state index in [0.29, 0.717) is 32.1 Å². The summed E-state index contributed by atoms with van der Waals surface area (Å²) in [5.41, 5.74) is 0.